The number of hydrogen-bond acceptors (Lipinski definition) is 3. The minimum atomic E-state index is -1.41. The van der Waals surface area contributed by atoms with Crippen LogP contribution in [0.5, 0.6) is 5.75 Å². The summed E-state index contributed by atoms with van der Waals surface area (Å²) in [5, 5.41) is 0. The van der Waals surface area contributed by atoms with Crippen molar-refractivity contribution in [2.45, 2.75) is 38.0 Å². The Balaban J connectivity index is 2.11. The van der Waals surface area contributed by atoms with E-state index >= 15 is 0 Å². The van der Waals surface area contributed by atoms with E-state index in [1.54, 1.807) is 12.1 Å². The number of hydrogen-bond donors (Lipinski definition) is 0. The van der Waals surface area contributed by atoms with E-state index in [1.807, 2.05) is 20.8 Å². The van der Waals surface area contributed by atoms with Gasteiger partial charge in [0, 0.05) is 18.2 Å². The third-order valence-electron chi connectivity index (χ3n) is 2.97. The molecule has 0 bridgehead atoms. The molecule has 2 rings (SSSR count). The molecule has 0 N–H and O–H groups in total. The molecular weight excluding hydrogens is 293 g/mol. The van der Waals surface area contributed by atoms with Crippen molar-refractivity contribution in [3.05, 3.63) is 29.6 Å². The molecular formula is C15H20FNO3S. The van der Waals surface area contributed by atoms with Crippen LogP contribution in [0.1, 0.15) is 32.8 Å². The molecule has 0 radical (unpaired) electrons. The molecule has 0 saturated carbocycles. The van der Waals surface area contributed by atoms with Crippen molar-refractivity contribution >= 4 is 17.2 Å². The molecule has 4 nitrogen and oxygen atoms in total. The maximum atomic E-state index is 13.8. The van der Waals surface area contributed by atoms with Crippen LogP contribution in [0.4, 0.5) is 4.39 Å². The minimum absolute atomic E-state index is 0.00366. The van der Waals surface area contributed by atoms with Gasteiger partial charge in [-0.05, 0) is 39.0 Å². The summed E-state index contributed by atoms with van der Waals surface area (Å²) in [5.74, 6) is 0.148. The normalized spacial score (nSPS) is 20.9. The van der Waals surface area contributed by atoms with Gasteiger partial charge in [0.15, 0.2) is 0 Å². The van der Waals surface area contributed by atoms with Crippen LogP contribution in [-0.2, 0) is 15.7 Å². The molecule has 116 valence electrons. The number of rotatable bonds is 4. The van der Waals surface area contributed by atoms with Crippen molar-refractivity contribution in [2.75, 3.05) is 13.2 Å². The maximum Gasteiger partial charge on any atom is 0.144 e. The fourth-order valence-corrected chi connectivity index (χ4v) is 2.28. The lowest BCUT2D eigenvalue weighted by molar-refractivity contribution is 0.141. The smallest absolute Gasteiger partial charge is 0.144 e. The molecule has 1 aliphatic rings. The molecule has 21 heavy (non-hydrogen) atoms. The average molecular weight is 313 g/mol. The van der Waals surface area contributed by atoms with E-state index in [0.29, 0.717) is 19.0 Å². The fourth-order valence-electron chi connectivity index (χ4n) is 1.76. The molecule has 1 aromatic rings. The van der Waals surface area contributed by atoms with Crippen LogP contribution in [0.2, 0.25) is 0 Å². The lowest BCUT2D eigenvalue weighted by Crippen LogP contribution is -2.19. The summed E-state index contributed by atoms with van der Waals surface area (Å²) in [6.07, 6.45) is 2.13. The third-order valence-corrected chi connectivity index (χ3v) is 4.31. The first kappa shape index (κ1) is 16.1. The van der Waals surface area contributed by atoms with Gasteiger partial charge in [-0.1, -0.05) is 0 Å². The molecule has 0 aliphatic carbocycles. The zero-order valence-electron chi connectivity index (χ0n) is 12.5. The van der Waals surface area contributed by atoms with Crippen molar-refractivity contribution in [3.8, 4) is 5.75 Å². The Morgan fingerprint density at radius 3 is 2.86 bits per heavy atom. The van der Waals surface area contributed by atoms with Gasteiger partial charge in [-0.2, -0.15) is 4.40 Å². The van der Waals surface area contributed by atoms with E-state index in [2.05, 4.69) is 4.40 Å². The molecule has 1 heterocycles. The van der Waals surface area contributed by atoms with Gasteiger partial charge in [0.1, 0.15) is 28.7 Å². The SMILES string of the molecule is CC(C)(C)[S@@](=O)N=Cc1cc(O[C@H]2CCOC2)ccc1F. The second-order valence-electron chi connectivity index (χ2n) is 5.88. The topological polar surface area (TPSA) is 47.9 Å². The Morgan fingerprint density at radius 2 is 2.24 bits per heavy atom. The minimum Gasteiger partial charge on any atom is -0.488 e. The summed E-state index contributed by atoms with van der Waals surface area (Å²) in [7, 11) is -1.41. The first-order valence-corrected chi connectivity index (χ1v) is 7.97. The zero-order chi connectivity index (χ0) is 15.5. The highest BCUT2D eigenvalue weighted by atomic mass is 32.2. The number of nitrogens with zero attached hydrogens (tertiary/aromatic N) is 1. The van der Waals surface area contributed by atoms with Gasteiger partial charge < -0.3 is 9.47 Å². The Morgan fingerprint density at radius 1 is 1.48 bits per heavy atom. The van der Waals surface area contributed by atoms with Crippen LogP contribution >= 0.6 is 0 Å². The van der Waals surface area contributed by atoms with E-state index < -0.39 is 21.5 Å². The summed E-state index contributed by atoms with van der Waals surface area (Å²) < 4.78 is 40.0. The summed E-state index contributed by atoms with van der Waals surface area (Å²) in [6, 6.07) is 4.47. The lowest BCUT2D eigenvalue weighted by atomic mass is 10.2. The second-order valence-corrected chi connectivity index (χ2v) is 7.82. The van der Waals surface area contributed by atoms with Gasteiger partial charge in [0.2, 0.25) is 0 Å². The molecule has 1 aromatic carbocycles. The standard InChI is InChI=1S/C15H20FNO3S/c1-15(2,3)21(18)17-9-11-8-12(4-5-14(11)16)20-13-6-7-19-10-13/h4-5,8-9,13H,6-7,10H2,1-3H3/t13-,21+/m0/s1. The van der Waals surface area contributed by atoms with Crippen molar-refractivity contribution in [3.63, 3.8) is 0 Å². The van der Waals surface area contributed by atoms with Crippen molar-refractivity contribution < 1.29 is 18.1 Å². The van der Waals surface area contributed by atoms with Crippen LogP contribution < -0.4 is 4.74 Å². The van der Waals surface area contributed by atoms with Crippen LogP contribution in [0.15, 0.2) is 22.6 Å². The first-order valence-electron chi connectivity index (χ1n) is 6.86. The predicted molar refractivity (Wildman–Crippen MR) is 81.7 cm³/mol. The highest BCUT2D eigenvalue weighted by molar-refractivity contribution is 7.85. The molecule has 1 fully saturated rings. The molecule has 1 aliphatic heterocycles. The van der Waals surface area contributed by atoms with E-state index in [9.17, 15) is 8.60 Å². The van der Waals surface area contributed by atoms with Gasteiger partial charge >= 0.3 is 0 Å². The van der Waals surface area contributed by atoms with E-state index in [-0.39, 0.29) is 11.7 Å². The molecule has 0 amide bonds. The van der Waals surface area contributed by atoms with Gasteiger partial charge in [-0.15, -0.1) is 0 Å². The van der Waals surface area contributed by atoms with Crippen molar-refractivity contribution in [1.82, 2.24) is 0 Å². The highest BCUT2D eigenvalue weighted by Gasteiger charge is 2.19. The zero-order valence-corrected chi connectivity index (χ0v) is 13.3. The van der Waals surface area contributed by atoms with Crippen molar-refractivity contribution in [2.24, 2.45) is 4.40 Å². The van der Waals surface area contributed by atoms with Gasteiger partial charge in [0.05, 0.1) is 18.0 Å². The summed E-state index contributed by atoms with van der Waals surface area (Å²) >= 11 is 0. The van der Waals surface area contributed by atoms with Crippen LogP contribution in [0.25, 0.3) is 0 Å². The van der Waals surface area contributed by atoms with Gasteiger partial charge in [-0.25, -0.2) is 8.60 Å². The quantitative estimate of drug-likeness (QED) is 0.803. The summed E-state index contributed by atoms with van der Waals surface area (Å²) in [5.41, 5.74) is 0.268. The molecule has 0 aromatic heterocycles. The highest BCUT2D eigenvalue weighted by Crippen LogP contribution is 2.20. The predicted octanol–water partition coefficient (Wildman–Crippen LogP) is 2.87. The van der Waals surface area contributed by atoms with Gasteiger partial charge in [0.25, 0.3) is 0 Å². The first-order chi connectivity index (χ1) is 9.86. The lowest BCUT2D eigenvalue weighted by Gasteiger charge is -2.13. The largest absolute Gasteiger partial charge is 0.488 e. The van der Waals surface area contributed by atoms with Crippen molar-refractivity contribution in [1.29, 1.82) is 0 Å². The number of halogens is 1. The Kier molecular flexibility index (Phi) is 5.11. The average Bonchev–Trinajstić information content (AvgIpc) is 2.90. The van der Waals surface area contributed by atoms with Gasteiger partial charge in [-0.3, -0.25) is 0 Å². The molecule has 0 unspecified atom stereocenters. The molecule has 2 atom stereocenters. The van der Waals surface area contributed by atoms with E-state index in [1.165, 1.54) is 12.3 Å². The Labute approximate surface area is 127 Å². The maximum absolute atomic E-state index is 13.8. The fraction of sp³-hybridized carbons (Fsp3) is 0.533. The second kappa shape index (κ2) is 6.66. The number of benzene rings is 1. The van der Waals surface area contributed by atoms with E-state index in [4.69, 9.17) is 9.47 Å². The summed E-state index contributed by atoms with van der Waals surface area (Å²) in [6.45, 7) is 6.68. The third kappa shape index (κ3) is 4.61. The van der Waals surface area contributed by atoms with Crippen LogP contribution in [0.3, 0.4) is 0 Å². The Bertz CT molecular complexity index is 548. The summed E-state index contributed by atoms with van der Waals surface area (Å²) in [4.78, 5) is 0. The molecule has 1 saturated heterocycles. The van der Waals surface area contributed by atoms with E-state index in [0.717, 1.165) is 6.42 Å². The monoisotopic (exact) mass is 313 g/mol. The molecule has 6 heteroatoms. The Hall–Kier alpha value is -1.27. The molecule has 0 spiro atoms. The van der Waals surface area contributed by atoms with Crippen LogP contribution in [-0.4, -0.2) is 34.5 Å². The van der Waals surface area contributed by atoms with Crippen LogP contribution in [0, 0.1) is 5.82 Å². The number of ether oxygens (including phenoxy) is 2.